The fraction of sp³-hybridized carbons (Fsp3) is 0.652. The van der Waals surface area contributed by atoms with Crippen molar-refractivity contribution in [3.8, 4) is 0 Å². The summed E-state index contributed by atoms with van der Waals surface area (Å²) in [7, 11) is 0. The molecule has 2 rings (SSSR count). The molecule has 0 bridgehead atoms. The van der Waals surface area contributed by atoms with Crippen LogP contribution in [0.2, 0.25) is 0 Å². The van der Waals surface area contributed by atoms with E-state index in [1.54, 1.807) is 6.07 Å². The van der Waals surface area contributed by atoms with Crippen molar-refractivity contribution in [1.82, 2.24) is 10.2 Å². The smallest absolute Gasteiger partial charge is 0.150 e. The normalized spacial score (nSPS) is 15.8. The van der Waals surface area contributed by atoms with Crippen molar-refractivity contribution in [2.45, 2.75) is 40.0 Å². The summed E-state index contributed by atoms with van der Waals surface area (Å²) in [6, 6.07) is 3.69. The summed E-state index contributed by atoms with van der Waals surface area (Å²) in [5, 5.41) is 3.51. The van der Waals surface area contributed by atoms with Gasteiger partial charge in [-0.15, -0.1) is 0 Å². The Balaban J connectivity index is 1.93. The molecule has 1 saturated heterocycles. The van der Waals surface area contributed by atoms with Crippen LogP contribution in [0, 0.1) is 11.7 Å². The van der Waals surface area contributed by atoms with Crippen molar-refractivity contribution >= 4 is 11.3 Å². The average molecular weight is 394 g/mol. The Morgan fingerprint density at radius 1 is 1.25 bits per heavy atom. The minimum absolute atomic E-state index is 0.211. The summed E-state index contributed by atoms with van der Waals surface area (Å²) < 4.78 is 28.2. The molecule has 158 valence electrons. The lowest BCUT2D eigenvalue weighted by Gasteiger charge is -2.31. The number of rotatable bonds is 11. The van der Waals surface area contributed by atoms with E-state index in [4.69, 9.17) is 0 Å². The van der Waals surface area contributed by atoms with Gasteiger partial charge in [0, 0.05) is 19.6 Å². The zero-order chi connectivity index (χ0) is 20.5. The lowest BCUT2D eigenvalue weighted by Crippen LogP contribution is -2.39. The molecule has 1 aliphatic heterocycles. The fourth-order valence-corrected chi connectivity index (χ4v) is 4.08. The number of halogens is 2. The molecule has 0 amide bonds. The molecule has 0 unspecified atom stereocenters. The molecule has 1 aliphatic rings. The van der Waals surface area contributed by atoms with Crippen LogP contribution >= 0.6 is 0 Å². The van der Waals surface area contributed by atoms with Gasteiger partial charge in [-0.2, -0.15) is 0 Å². The predicted molar refractivity (Wildman–Crippen MR) is 116 cm³/mol. The van der Waals surface area contributed by atoms with Crippen LogP contribution in [0.1, 0.15) is 44.7 Å². The molecule has 28 heavy (non-hydrogen) atoms. The standard InChI is InChI=1S/C23H37F2N3/c1-5-20-21(18(3)4)7-8-22(23(20)25)28(15-11-24)16-12-26-17-19-9-13-27(6-2)14-10-19/h7-8,19,26H,3,5-6,9-17H2,1-2,4H3. The van der Waals surface area contributed by atoms with Crippen molar-refractivity contribution in [3.63, 3.8) is 0 Å². The van der Waals surface area contributed by atoms with E-state index in [2.05, 4.69) is 23.7 Å². The monoisotopic (exact) mass is 393 g/mol. The highest BCUT2D eigenvalue weighted by Gasteiger charge is 2.19. The molecule has 1 aromatic carbocycles. The van der Waals surface area contributed by atoms with Crippen LogP contribution in [0.5, 0.6) is 0 Å². The van der Waals surface area contributed by atoms with Crippen LogP contribution in [0.3, 0.4) is 0 Å². The zero-order valence-electron chi connectivity index (χ0n) is 17.9. The second kappa shape index (κ2) is 11.5. The second-order valence-corrected chi connectivity index (χ2v) is 7.82. The van der Waals surface area contributed by atoms with Crippen LogP contribution in [0.15, 0.2) is 18.7 Å². The quantitative estimate of drug-likeness (QED) is 0.558. The Morgan fingerprint density at radius 2 is 1.96 bits per heavy atom. The molecule has 5 heteroatoms. The number of nitrogens with one attached hydrogen (secondary N) is 1. The molecule has 0 aromatic heterocycles. The molecule has 0 radical (unpaired) electrons. The zero-order valence-corrected chi connectivity index (χ0v) is 17.9. The molecule has 1 fully saturated rings. The fourth-order valence-electron chi connectivity index (χ4n) is 4.08. The van der Waals surface area contributed by atoms with E-state index < -0.39 is 6.67 Å². The summed E-state index contributed by atoms with van der Waals surface area (Å²) in [6.07, 6.45) is 3.05. The van der Waals surface area contributed by atoms with Gasteiger partial charge in [0.25, 0.3) is 0 Å². The van der Waals surface area contributed by atoms with Gasteiger partial charge in [0.15, 0.2) is 0 Å². The lowest BCUT2D eigenvalue weighted by atomic mass is 9.97. The molecule has 0 spiro atoms. The van der Waals surface area contributed by atoms with Gasteiger partial charge < -0.3 is 15.1 Å². The predicted octanol–water partition coefficient (Wildman–Crippen LogP) is 4.52. The number of alkyl halides is 1. The van der Waals surface area contributed by atoms with Crippen LogP contribution in [-0.2, 0) is 6.42 Å². The first-order valence-electron chi connectivity index (χ1n) is 10.7. The molecule has 0 saturated carbocycles. The number of hydrogen-bond acceptors (Lipinski definition) is 3. The van der Waals surface area contributed by atoms with Gasteiger partial charge in [-0.05, 0) is 75.5 Å². The minimum Gasteiger partial charge on any atom is -0.365 e. The minimum atomic E-state index is -0.487. The number of allylic oxidation sites excluding steroid dienone is 1. The van der Waals surface area contributed by atoms with Gasteiger partial charge >= 0.3 is 0 Å². The van der Waals surface area contributed by atoms with Gasteiger partial charge in [0.05, 0.1) is 5.69 Å². The first-order valence-corrected chi connectivity index (χ1v) is 10.7. The summed E-state index contributed by atoms with van der Waals surface area (Å²) >= 11 is 0. The third kappa shape index (κ3) is 6.02. The van der Waals surface area contributed by atoms with E-state index in [9.17, 15) is 4.39 Å². The Hall–Kier alpha value is -1.46. The van der Waals surface area contributed by atoms with E-state index in [-0.39, 0.29) is 12.4 Å². The second-order valence-electron chi connectivity index (χ2n) is 7.82. The molecule has 0 aliphatic carbocycles. The van der Waals surface area contributed by atoms with E-state index in [0.717, 1.165) is 30.8 Å². The Kier molecular flexibility index (Phi) is 9.39. The van der Waals surface area contributed by atoms with Crippen molar-refractivity contribution in [2.24, 2.45) is 5.92 Å². The highest BCUT2D eigenvalue weighted by Crippen LogP contribution is 2.29. The summed E-state index contributed by atoms with van der Waals surface area (Å²) in [6.45, 7) is 15.5. The van der Waals surface area contributed by atoms with Gasteiger partial charge in [-0.3, -0.25) is 0 Å². The van der Waals surface area contributed by atoms with Crippen molar-refractivity contribution < 1.29 is 8.78 Å². The van der Waals surface area contributed by atoms with Gasteiger partial charge in [0.1, 0.15) is 12.5 Å². The van der Waals surface area contributed by atoms with Crippen LogP contribution in [-0.4, -0.2) is 57.4 Å². The first kappa shape index (κ1) is 22.8. The highest BCUT2D eigenvalue weighted by molar-refractivity contribution is 5.68. The van der Waals surface area contributed by atoms with Gasteiger partial charge in [-0.1, -0.05) is 32.1 Å². The molecule has 1 N–H and O–H groups in total. The average Bonchev–Trinajstić information content (AvgIpc) is 2.70. The van der Waals surface area contributed by atoms with Gasteiger partial charge in [-0.25, -0.2) is 8.78 Å². The maximum atomic E-state index is 15.1. The summed E-state index contributed by atoms with van der Waals surface area (Å²) in [5.74, 6) is 0.471. The lowest BCUT2D eigenvalue weighted by molar-refractivity contribution is 0.190. The molecular formula is C23H37F2N3. The van der Waals surface area contributed by atoms with Crippen LogP contribution < -0.4 is 10.2 Å². The number of likely N-dealkylation sites (tertiary alicyclic amines) is 1. The van der Waals surface area contributed by atoms with Crippen molar-refractivity contribution in [1.29, 1.82) is 0 Å². The Bertz CT molecular complexity index is 625. The summed E-state index contributed by atoms with van der Waals surface area (Å²) in [4.78, 5) is 4.31. The molecule has 1 heterocycles. The molecule has 1 aromatic rings. The highest BCUT2D eigenvalue weighted by atomic mass is 19.1. The Labute approximate surface area is 169 Å². The topological polar surface area (TPSA) is 18.5 Å². The SMILES string of the molecule is C=C(C)c1ccc(N(CCF)CCNCC2CCN(CC)CC2)c(F)c1CC. The maximum absolute atomic E-state index is 15.1. The molecule has 0 atom stereocenters. The summed E-state index contributed by atoms with van der Waals surface area (Å²) in [5.41, 5.74) is 2.89. The van der Waals surface area contributed by atoms with Crippen LogP contribution in [0.25, 0.3) is 5.57 Å². The number of piperidine rings is 1. The molecule has 3 nitrogen and oxygen atoms in total. The number of anilines is 1. The molecular weight excluding hydrogens is 356 g/mol. The van der Waals surface area contributed by atoms with Gasteiger partial charge in [0.2, 0.25) is 0 Å². The van der Waals surface area contributed by atoms with E-state index in [1.165, 1.54) is 25.9 Å². The van der Waals surface area contributed by atoms with Crippen molar-refractivity contribution in [3.05, 3.63) is 35.7 Å². The first-order chi connectivity index (χ1) is 13.5. The van der Waals surface area contributed by atoms with Crippen molar-refractivity contribution in [2.75, 3.05) is 57.4 Å². The number of nitrogens with zero attached hydrogens (tertiary/aromatic N) is 2. The van der Waals surface area contributed by atoms with E-state index >= 15 is 4.39 Å². The van der Waals surface area contributed by atoms with Crippen LogP contribution in [0.4, 0.5) is 14.5 Å². The number of hydrogen-bond donors (Lipinski definition) is 1. The number of benzene rings is 1. The largest absolute Gasteiger partial charge is 0.365 e. The Morgan fingerprint density at radius 3 is 2.54 bits per heavy atom. The maximum Gasteiger partial charge on any atom is 0.150 e. The van der Waals surface area contributed by atoms with E-state index in [0.29, 0.717) is 30.1 Å². The third-order valence-electron chi connectivity index (χ3n) is 5.88. The third-order valence-corrected chi connectivity index (χ3v) is 5.88. The van der Waals surface area contributed by atoms with E-state index in [1.807, 2.05) is 24.8 Å².